The van der Waals surface area contributed by atoms with Crippen LogP contribution >= 0.6 is 0 Å². The second-order valence-corrected chi connectivity index (χ2v) is 6.99. The average molecular weight is 399 g/mol. The normalized spacial score (nSPS) is 32.1. The number of methoxy groups -OCH3 is 2. The number of ether oxygens (including phenoxy) is 5. The molecule has 7 nitrogen and oxygen atoms in total. The van der Waals surface area contributed by atoms with Crippen molar-refractivity contribution < 1.29 is 28.8 Å². The predicted molar refractivity (Wildman–Crippen MR) is 106 cm³/mol. The first-order valence-electron chi connectivity index (χ1n) is 9.55. The molecule has 1 N–H and O–H groups in total. The van der Waals surface area contributed by atoms with Gasteiger partial charge in [-0.1, -0.05) is 30.3 Å². The van der Waals surface area contributed by atoms with E-state index in [1.54, 1.807) is 13.3 Å². The van der Waals surface area contributed by atoms with Crippen molar-refractivity contribution in [2.45, 2.75) is 36.9 Å². The summed E-state index contributed by atoms with van der Waals surface area (Å²) in [5.74, 6) is 0.767. The molecule has 2 saturated heterocycles. The molecule has 2 aromatic carbocycles. The first-order valence-corrected chi connectivity index (χ1v) is 9.55. The van der Waals surface area contributed by atoms with Gasteiger partial charge in [-0.15, -0.1) is 0 Å². The number of aliphatic hydroxyl groups excluding tert-OH is 1. The Bertz CT molecular complexity index is 812. The minimum Gasteiger partial charge on any atom is -0.497 e. The molecule has 7 heteroatoms. The van der Waals surface area contributed by atoms with Gasteiger partial charge in [0.15, 0.2) is 12.6 Å². The maximum Gasteiger partial charge on any atom is 0.184 e. The average Bonchev–Trinajstić information content (AvgIpc) is 2.79. The Labute approximate surface area is 169 Å². The smallest absolute Gasteiger partial charge is 0.184 e. The van der Waals surface area contributed by atoms with Gasteiger partial charge < -0.3 is 28.8 Å². The van der Waals surface area contributed by atoms with E-state index in [2.05, 4.69) is 4.99 Å². The molecule has 2 heterocycles. The van der Waals surface area contributed by atoms with Crippen LogP contribution in [0.1, 0.15) is 17.4 Å². The highest BCUT2D eigenvalue weighted by Gasteiger charge is 2.49. The van der Waals surface area contributed by atoms with Gasteiger partial charge in [0, 0.05) is 18.9 Å². The summed E-state index contributed by atoms with van der Waals surface area (Å²) in [6.07, 6.45) is -1.46. The topological polar surface area (TPSA) is 78.7 Å². The third kappa shape index (κ3) is 4.34. The number of aliphatic hydroxyl groups is 1. The molecule has 6 atom stereocenters. The van der Waals surface area contributed by atoms with Crippen LogP contribution in [-0.4, -0.2) is 62.8 Å². The van der Waals surface area contributed by atoms with Crippen LogP contribution in [-0.2, 0) is 18.9 Å². The first kappa shape index (κ1) is 20.0. The molecule has 0 aliphatic carbocycles. The second kappa shape index (κ2) is 9.02. The van der Waals surface area contributed by atoms with E-state index >= 15 is 0 Å². The maximum absolute atomic E-state index is 11.0. The summed E-state index contributed by atoms with van der Waals surface area (Å²) in [5.41, 5.74) is 1.77. The summed E-state index contributed by atoms with van der Waals surface area (Å²) in [7, 11) is 3.15. The molecule has 4 rings (SSSR count). The summed E-state index contributed by atoms with van der Waals surface area (Å²) < 4.78 is 28.4. The van der Waals surface area contributed by atoms with E-state index in [1.165, 1.54) is 7.11 Å². The summed E-state index contributed by atoms with van der Waals surface area (Å²) in [6.45, 7) is 0.302. The molecule has 2 aliphatic rings. The van der Waals surface area contributed by atoms with Gasteiger partial charge >= 0.3 is 0 Å². The zero-order valence-electron chi connectivity index (χ0n) is 16.4. The van der Waals surface area contributed by atoms with Gasteiger partial charge in [0.25, 0.3) is 0 Å². The van der Waals surface area contributed by atoms with Gasteiger partial charge in [-0.2, -0.15) is 0 Å². The van der Waals surface area contributed by atoms with Crippen molar-refractivity contribution in [2.24, 2.45) is 4.99 Å². The van der Waals surface area contributed by atoms with E-state index in [1.807, 2.05) is 54.6 Å². The Morgan fingerprint density at radius 2 is 1.79 bits per heavy atom. The SMILES string of the molecule is COc1ccc(C=N[C@H]2[C@H](OC)O[C@@H]3COC(c4ccccc4)O[C@H]3[C@@H]2O)cc1. The van der Waals surface area contributed by atoms with Crippen molar-refractivity contribution in [2.75, 3.05) is 20.8 Å². The van der Waals surface area contributed by atoms with Gasteiger partial charge in [-0.25, -0.2) is 0 Å². The Balaban J connectivity index is 1.50. The lowest BCUT2D eigenvalue weighted by molar-refractivity contribution is -0.338. The number of hydrogen-bond acceptors (Lipinski definition) is 7. The van der Waals surface area contributed by atoms with Crippen LogP contribution in [0.4, 0.5) is 0 Å². The summed E-state index contributed by atoms with van der Waals surface area (Å²) in [4.78, 5) is 4.54. The highest BCUT2D eigenvalue weighted by molar-refractivity contribution is 5.80. The van der Waals surface area contributed by atoms with Crippen molar-refractivity contribution >= 4 is 6.21 Å². The van der Waals surface area contributed by atoms with E-state index in [9.17, 15) is 5.11 Å². The van der Waals surface area contributed by atoms with E-state index in [-0.39, 0.29) is 0 Å². The van der Waals surface area contributed by atoms with E-state index in [4.69, 9.17) is 23.7 Å². The van der Waals surface area contributed by atoms with Crippen LogP contribution in [0.2, 0.25) is 0 Å². The van der Waals surface area contributed by atoms with Crippen molar-refractivity contribution in [1.29, 1.82) is 0 Å². The molecular formula is C22H25NO6. The summed E-state index contributed by atoms with van der Waals surface area (Å²) >= 11 is 0. The van der Waals surface area contributed by atoms with Crippen LogP contribution < -0.4 is 4.74 Å². The molecule has 0 radical (unpaired) electrons. The molecule has 29 heavy (non-hydrogen) atoms. The fourth-order valence-corrected chi connectivity index (χ4v) is 3.57. The van der Waals surface area contributed by atoms with Gasteiger partial charge in [0.2, 0.25) is 0 Å². The largest absolute Gasteiger partial charge is 0.497 e. The molecular weight excluding hydrogens is 374 g/mol. The highest BCUT2D eigenvalue weighted by Crippen LogP contribution is 2.35. The standard InChI is InChI=1S/C22H25NO6/c1-25-16-10-8-14(9-11-16)12-23-18-19(24)20-17(28-22(18)26-2)13-27-21(29-20)15-6-4-3-5-7-15/h3-12,17-22,24H,13H2,1-2H3/t17-,18-,19-,20-,21?,22-/m1/s1. The number of nitrogens with zero attached hydrogens (tertiary/aromatic N) is 1. The monoisotopic (exact) mass is 399 g/mol. The fraction of sp³-hybridized carbons (Fsp3) is 0.409. The van der Waals surface area contributed by atoms with Crippen LogP contribution in [0.3, 0.4) is 0 Å². The number of aliphatic imine (C=N–C) groups is 1. The minimum absolute atomic E-state index is 0.302. The van der Waals surface area contributed by atoms with E-state index in [0.29, 0.717) is 6.61 Å². The molecule has 2 aliphatic heterocycles. The third-order valence-electron chi connectivity index (χ3n) is 5.15. The Kier molecular flexibility index (Phi) is 6.22. The fourth-order valence-electron chi connectivity index (χ4n) is 3.57. The predicted octanol–water partition coefficient (Wildman–Crippen LogP) is 2.33. The number of fused-ring (bicyclic) bond motifs is 1. The van der Waals surface area contributed by atoms with Crippen LogP contribution in [0.25, 0.3) is 0 Å². The molecule has 0 spiro atoms. The minimum atomic E-state index is -0.900. The quantitative estimate of drug-likeness (QED) is 0.778. The molecule has 0 aromatic heterocycles. The molecule has 0 bridgehead atoms. The molecule has 2 aromatic rings. The third-order valence-corrected chi connectivity index (χ3v) is 5.15. The van der Waals surface area contributed by atoms with Crippen molar-refractivity contribution in [1.82, 2.24) is 0 Å². The Morgan fingerprint density at radius 1 is 1.03 bits per heavy atom. The maximum atomic E-state index is 11.0. The van der Waals surface area contributed by atoms with Gasteiger partial charge in [0.1, 0.15) is 30.1 Å². The lowest BCUT2D eigenvalue weighted by Gasteiger charge is -2.46. The molecule has 0 amide bonds. The van der Waals surface area contributed by atoms with E-state index in [0.717, 1.165) is 16.9 Å². The zero-order valence-corrected chi connectivity index (χ0v) is 16.4. The molecule has 154 valence electrons. The van der Waals surface area contributed by atoms with Gasteiger partial charge in [-0.3, -0.25) is 4.99 Å². The van der Waals surface area contributed by atoms with Gasteiger partial charge in [0.05, 0.1) is 13.7 Å². The lowest BCUT2D eigenvalue weighted by Crippen LogP contribution is -2.61. The molecule has 1 unspecified atom stereocenters. The van der Waals surface area contributed by atoms with Crippen molar-refractivity contribution in [3.05, 3.63) is 65.7 Å². The number of benzene rings is 2. The second-order valence-electron chi connectivity index (χ2n) is 6.99. The Hall–Kier alpha value is -2.29. The van der Waals surface area contributed by atoms with Crippen molar-refractivity contribution in [3.63, 3.8) is 0 Å². The summed E-state index contributed by atoms with van der Waals surface area (Å²) in [5, 5.41) is 11.0. The lowest BCUT2D eigenvalue weighted by atomic mass is 9.96. The zero-order chi connectivity index (χ0) is 20.2. The first-order chi connectivity index (χ1) is 14.2. The van der Waals surface area contributed by atoms with E-state index < -0.39 is 36.9 Å². The van der Waals surface area contributed by atoms with Crippen LogP contribution in [0.5, 0.6) is 5.75 Å². The van der Waals surface area contributed by atoms with Gasteiger partial charge in [-0.05, 0) is 29.8 Å². The summed E-state index contributed by atoms with van der Waals surface area (Å²) in [6, 6.07) is 16.5. The highest BCUT2D eigenvalue weighted by atomic mass is 16.7. The van der Waals surface area contributed by atoms with Crippen molar-refractivity contribution in [3.8, 4) is 5.75 Å². The molecule has 0 saturated carbocycles. The van der Waals surface area contributed by atoms with Crippen LogP contribution in [0.15, 0.2) is 59.6 Å². The Morgan fingerprint density at radius 3 is 2.48 bits per heavy atom. The number of hydrogen-bond donors (Lipinski definition) is 1. The van der Waals surface area contributed by atoms with Crippen LogP contribution in [0, 0.1) is 0 Å². The number of rotatable bonds is 5. The molecule has 2 fully saturated rings.